The van der Waals surface area contributed by atoms with Crippen LogP contribution in [0.2, 0.25) is 0 Å². The Morgan fingerprint density at radius 2 is 2.36 bits per heavy atom. The summed E-state index contributed by atoms with van der Waals surface area (Å²) in [6.45, 7) is 6.22. The van der Waals surface area contributed by atoms with Gasteiger partial charge in [0.15, 0.2) is 0 Å². The first-order valence-electron chi connectivity index (χ1n) is 5.57. The van der Waals surface area contributed by atoms with Gasteiger partial charge in [0.05, 0.1) is 5.69 Å². The van der Waals surface area contributed by atoms with Gasteiger partial charge in [0.25, 0.3) is 0 Å². The topological polar surface area (TPSA) is 29.9 Å². The fourth-order valence-corrected chi connectivity index (χ4v) is 1.74. The number of aromatic nitrogens is 2. The lowest BCUT2D eigenvalue weighted by atomic mass is 10.3. The highest BCUT2D eigenvalue weighted by molar-refractivity contribution is 5.28. The first-order valence-corrected chi connectivity index (χ1v) is 5.57. The largest absolute Gasteiger partial charge is 0.356 e. The van der Waals surface area contributed by atoms with Crippen molar-refractivity contribution >= 4 is 5.95 Å². The van der Waals surface area contributed by atoms with Crippen molar-refractivity contribution in [1.29, 1.82) is 0 Å². The number of nitrogens with zero attached hydrogens (tertiary/aromatic N) is 2. The molecule has 1 aromatic heterocycles. The van der Waals surface area contributed by atoms with Gasteiger partial charge in [0.2, 0.25) is 5.95 Å². The van der Waals surface area contributed by atoms with Crippen LogP contribution in [0.25, 0.3) is 0 Å². The van der Waals surface area contributed by atoms with Crippen LogP contribution in [-0.4, -0.2) is 16.1 Å². The second-order valence-electron chi connectivity index (χ2n) is 4.16. The van der Waals surface area contributed by atoms with Crippen molar-refractivity contribution in [1.82, 2.24) is 9.55 Å². The monoisotopic (exact) mass is 193 g/mol. The molecule has 0 amide bonds. The van der Waals surface area contributed by atoms with E-state index in [-0.39, 0.29) is 0 Å². The SMILES string of the molecule is CCNc1nc(C)cn1CCC1CC1. The number of imidazole rings is 1. The summed E-state index contributed by atoms with van der Waals surface area (Å²) in [5.74, 6) is 2.03. The van der Waals surface area contributed by atoms with Gasteiger partial charge in [-0.1, -0.05) is 12.8 Å². The molecule has 0 unspecified atom stereocenters. The summed E-state index contributed by atoms with van der Waals surface area (Å²) >= 11 is 0. The van der Waals surface area contributed by atoms with Crippen LogP contribution >= 0.6 is 0 Å². The first-order chi connectivity index (χ1) is 6.79. The summed E-state index contributed by atoms with van der Waals surface area (Å²) in [5.41, 5.74) is 1.11. The van der Waals surface area contributed by atoms with E-state index in [0.29, 0.717) is 0 Å². The third-order valence-electron chi connectivity index (χ3n) is 2.71. The van der Waals surface area contributed by atoms with Gasteiger partial charge >= 0.3 is 0 Å². The van der Waals surface area contributed by atoms with Gasteiger partial charge in [-0.25, -0.2) is 4.98 Å². The molecule has 0 bridgehead atoms. The average molecular weight is 193 g/mol. The molecule has 0 saturated heterocycles. The Labute approximate surface area is 85.5 Å². The lowest BCUT2D eigenvalue weighted by molar-refractivity contribution is 0.600. The molecular formula is C11H19N3. The predicted molar refractivity (Wildman–Crippen MR) is 58.5 cm³/mol. The van der Waals surface area contributed by atoms with Crippen LogP contribution in [0.5, 0.6) is 0 Å². The van der Waals surface area contributed by atoms with E-state index >= 15 is 0 Å². The third kappa shape index (κ3) is 2.28. The summed E-state index contributed by atoms with van der Waals surface area (Å²) in [6.07, 6.45) is 6.32. The van der Waals surface area contributed by atoms with E-state index in [0.717, 1.165) is 30.6 Å². The zero-order valence-electron chi connectivity index (χ0n) is 9.08. The molecule has 1 heterocycles. The Hall–Kier alpha value is -0.990. The van der Waals surface area contributed by atoms with Crippen molar-refractivity contribution in [2.24, 2.45) is 5.92 Å². The molecule has 1 N–H and O–H groups in total. The molecule has 3 nitrogen and oxygen atoms in total. The van der Waals surface area contributed by atoms with Crippen LogP contribution in [-0.2, 0) is 6.54 Å². The van der Waals surface area contributed by atoms with Crippen molar-refractivity contribution in [2.75, 3.05) is 11.9 Å². The Balaban J connectivity index is 1.97. The second-order valence-corrected chi connectivity index (χ2v) is 4.16. The second kappa shape index (κ2) is 4.03. The smallest absolute Gasteiger partial charge is 0.203 e. The number of hydrogen-bond donors (Lipinski definition) is 1. The molecule has 0 spiro atoms. The van der Waals surface area contributed by atoms with E-state index in [1.165, 1.54) is 19.3 Å². The Morgan fingerprint density at radius 3 is 3.00 bits per heavy atom. The Bertz CT molecular complexity index is 299. The summed E-state index contributed by atoms with van der Waals surface area (Å²) in [6, 6.07) is 0. The van der Waals surface area contributed by atoms with Gasteiger partial charge in [-0.2, -0.15) is 0 Å². The molecule has 1 aliphatic carbocycles. The molecule has 0 atom stereocenters. The fourth-order valence-electron chi connectivity index (χ4n) is 1.74. The molecule has 2 rings (SSSR count). The zero-order valence-corrected chi connectivity index (χ0v) is 9.08. The number of aryl methyl sites for hydroxylation is 2. The standard InChI is InChI=1S/C11H19N3/c1-3-12-11-13-9(2)8-14(11)7-6-10-4-5-10/h8,10H,3-7H2,1-2H3,(H,12,13). The van der Waals surface area contributed by atoms with Crippen LogP contribution in [0.3, 0.4) is 0 Å². The maximum Gasteiger partial charge on any atom is 0.203 e. The van der Waals surface area contributed by atoms with Gasteiger partial charge < -0.3 is 9.88 Å². The minimum absolute atomic E-state index is 0.944. The summed E-state index contributed by atoms with van der Waals surface area (Å²) in [7, 11) is 0. The van der Waals surface area contributed by atoms with E-state index in [2.05, 4.69) is 34.9 Å². The Morgan fingerprint density at radius 1 is 1.57 bits per heavy atom. The Kier molecular flexibility index (Phi) is 2.75. The van der Waals surface area contributed by atoms with Gasteiger partial charge in [-0.15, -0.1) is 0 Å². The quantitative estimate of drug-likeness (QED) is 0.778. The van der Waals surface area contributed by atoms with Crippen molar-refractivity contribution < 1.29 is 0 Å². The molecule has 0 radical (unpaired) electrons. The highest BCUT2D eigenvalue weighted by Gasteiger charge is 2.21. The number of rotatable bonds is 5. The van der Waals surface area contributed by atoms with Crippen LogP contribution in [0, 0.1) is 12.8 Å². The van der Waals surface area contributed by atoms with E-state index in [9.17, 15) is 0 Å². The molecule has 78 valence electrons. The van der Waals surface area contributed by atoms with E-state index in [1.807, 2.05) is 0 Å². The number of anilines is 1. The average Bonchev–Trinajstić information content (AvgIpc) is 2.90. The zero-order chi connectivity index (χ0) is 9.97. The molecular weight excluding hydrogens is 174 g/mol. The number of hydrogen-bond acceptors (Lipinski definition) is 2. The molecule has 14 heavy (non-hydrogen) atoms. The number of nitrogens with one attached hydrogen (secondary N) is 1. The van der Waals surface area contributed by atoms with Crippen molar-refractivity contribution in [2.45, 2.75) is 39.7 Å². The minimum Gasteiger partial charge on any atom is -0.356 e. The molecule has 1 saturated carbocycles. The normalized spacial score (nSPS) is 15.9. The van der Waals surface area contributed by atoms with Crippen molar-refractivity contribution in [3.8, 4) is 0 Å². The minimum atomic E-state index is 0.944. The van der Waals surface area contributed by atoms with Gasteiger partial charge in [-0.05, 0) is 26.2 Å². The maximum atomic E-state index is 4.45. The van der Waals surface area contributed by atoms with Gasteiger partial charge in [0, 0.05) is 19.3 Å². The van der Waals surface area contributed by atoms with Gasteiger partial charge in [-0.3, -0.25) is 0 Å². The fraction of sp³-hybridized carbons (Fsp3) is 0.727. The van der Waals surface area contributed by atoms with Crippen LogP contribution in [0.1, 0.15) is 31.9 Å². The van der Waals surface area contributed by atoms with Crippen LogP contribution in [0.4, 0.5) is 5.95 Å². The lowest BCUT2D eigenvalue weighted by Gasteiger charge is -2.07. The van der Waals surface area contributed by atoms with E-state index < -0.39 is 0 Å². The summed E-state index contributed by atoms with van der Waals surface area (Å²) < 4.78 is 2.25. The lowest BCUT2D eigenvalue weighted by Crippen LogP contribution is -2.06. The van der Waals surface area contributed by atoms with Crippen LogP contribution in [0.15, 0.2) is 6.20 Å². The van der Waals surface area contributed by atoms with Crippen molar-refractivity contribution in [3.63, 3.8) is 0 Å². The molecule has 1 aromatic rings. The third-order valence-corrected chi connectivity index (χ3v) is 2.71. The molecule has 0 aromatic carbocycles. The highest BCUT2D eigenvalue weighted by Crippen LogP contribution is 2.33. The maximum absolute atomic E-state index is 4.45. The highest BCUT2D eigenvalue weighted by atomic mass is 15.2. The first kappa shape index (κ1) is 9.56. The van der Waals surface area contributed by atoms with Crippen molar-refractivity contribution in [3.05, 3.63) is 11.9 Å². The summed E-state index contributed by atoms with van der Waals surface area (Å²) in [4.78, 5) is 4.45. The van der Waals surface area contributed by atoms with E-state index in [4.69, 9.17) is 0 Å². The van der Waals surface area contributed by atoms with Crippen LogP contribution < -0.4 is 5.32 Å². The molecule has 1 fully saturated rings. The van der Waals surface area contributed by atoms with Gasteiger partial charge in [0.1, 0.15) is 0 Å². The molecule has 3 heteroatoms. The van der Waals surface area contributed by atoms with E-state index in [1.54, 1.807) is 0 Å². The molecule has 0 aliphatic heterocycles. The predicted octanol–water partition coefficient (Wildman–Crippen LogP) is 2.42. The summed E-state index contributed by atoms with van der Waals surface area (Å²) in [5, 5.41) is 3.29. The molecule has 1 aliphatic rings.